The van der Waals surface area contributed by atoms with E-state index in [1.807, 2.05) is 0 Å². The predicted octanol–water partition coefficient (Wildman–Crippen LogP) is 3.43. The maximum Gasteiger partial charge on any atom is 0.340 e. The maximum absolute atomic E-state index is 13.7. The SMILES string of the molecule is CCOc1c(Br)cc(C(=O)OC)c(F)c1Cl. The van der Waals surface area contributed by atoms with Gasteiger partial charge in [0.25, 0.3) is 0 Å². The van der Waals surface area contributed by atoms with E-state index in [0.717, 1.165) is 0 Å². The minimum atomic E-state index is -0.847. The third kappa shape index (κ3) is 2.47. The van der Waals surface area contributed by atoms with Crippen molar-refractivity contribution in [1.82, 2.24) is 0 Å². The summed E-state index contributed by atoms with van der Waals surface area (Å²) in [6, 6.07) is 1.28. The van der Waals surface area contributed by atoms with Crippen LogP contribution in [0.4, 0.5) is 4.39 Å². The summed E-state index contributed by atoms with van der Waals surface area (Å²) in [6.07, 6.45) is 0. The van der Waals surface area contributed by atoms with Crippen molar-refractivity contribution in [2.75, 3.05) is 13.7 Å². The second kappa shape index (κ2) is 5.50. The zero-order valence-corrected chi connectivity index (χ0v) is 11.0. The number of hydrogen-bond acceptors (Lipinski definition) is 3. The summed E-state index contributed by atoms with van der Waals surface area (Å²) in [5.41, 5.74) is -0.233. The van der Waals surface area contributed by atoms with Crippen LogP contribution >= 0.6 is 27.5 Å². The molecular formula is C10H9BrClFO3. The molecule has 0 aliphatic carbocycles. The third-order valence-corrected chi connectivity index (χ3v) is 2.74. The van der Waals surface area contributed by atoms with Gasteiger partial charge in [-0.25, -0.2) is 9.18 Å². The summed E-state index contributed by atoms with van der Waals surface area (Å²) in [5.74, 6) is -1.46. The topological polar surface area (TPSA) is 35.5 Å². The van der Waals surface area contributed by atoms with Crippen LogP contribution in [-0.4, -0.2) is 19.7 Å². The average molecular weight is 312 g/mol. The van der Waals surface area contributed by atoms with E-state index in [2.05, 4.69) is 20.7 Å². The summed E-state index contributed by atoms with van der Waals surface area (Å²) in [6.45, 7) is 2.09. The number of carbonyl (C=O) groups is 1. The number of ether oxygens (including phenoxy) is 2. The van der Waals surface area contributed by atoms with Gasteiger partial charge < -0.3 is 9.47 Å². The molecule has 0 heterocycles. The molecule has 16 heavy (non-hydrogen) atoms. The molecule has 0 saturated heterocycles. The highest BCUT2D eigenvalue weighted by Gasteiger charge is 2.21. The highest BCUT2D eigenvalue weighted by molar-refractivity contribution is 9.10. The van der Waals surface area contributed by atoms with Crippen molar-refractivity contribution in [3.63, 3.8) is 0 Å². The quantitative estimate of drug-likeness (QED) is 0.634. The standard InChI is InChI=1S/C10H9BrClFO3/c1-3-16-9-6(11)4-5(10(14)15-2)8(13)7(9)12/h4H,3H2,1-2H3. The second-order valence-corrected chi connectivity index (χ2v) is 4.02. The predicted molar refractivity (Wildman–Crippen MR) is 61.6 cm³/mol. The molecule has 88 valence electrons. The number of rotatable bonds is 3. The van der Waals surface area contributed by atoms with Crippen molar-refractivity contribution in [3.8, 4) is 5.75 Å². The largest absolute Gasteiger partial charge is 0.491 e. The lowest BCUT2D eigenvalue weighted by Gasteiger charge is -2.11. The summed E-state index contributed by atoms with van der Waals surface area (Å²) in [7, 11) is 1.17. The van der Waals surface area contributed by atoms with E-state index in [1.54, 1.807) is 6.92 Å². The second-order valence-electron chi connectivity index (χ2n) is 2.79. The molecule has 1 aromatic rings. The molecule has 3 nitrogen and oxygen atoms in total. The van der Waals surface area contributed by atoms with Gasteiger partial charge in [-0.1, -0.05) is 11.6 Å². The minimum Gasteiger partial charge on any atom is -0.491 e. The Morgan fingerprint density at radius 3 is 2.75 bits per heavy atom. The lowest BCUT2D eigenvalue weighted by Crippen LogP contribution is -2.06. The normalized spacial score (nSPS) is 10.1. The monoisotopic (exact) mass is 310 g/mol. The molecule has 0 aromatic heterocycles. The Bertz CT molecular complexity index is 423. The van der Waals surface area contributed by atoms with Crippen LogP contribution in [0.25, 0.3) is 0 Å². The van der Waals surface area contributed by atoms with E-state index >= 15 is 0 Å². The highest BCUT2D eigenvalue weighted by Crippen LogP contribution is 2.37. The van der Waals surface area contributed by atoms with Gasteiger partial charge in [-0.15, -0.1) is 0 Å². The molecule has 0 amide bonds. The van der Waals surface area contributed by atoms with Crippen LogP contribution in [0, 0.1) is 5.82 Å². The number of hydrogen-bond donors (Lipinski definition) is 0. The fraction of sp³-hybridized carbons (Fsp3) is 0.300. The zero-order valence-electron chi connectivity index (χ0n) is 8.64. The summed E-state index contributed by atoms with van der Waals surface area (Å²) in [5, 5.41) is -0.239. The van der Waals surface area contributed by atoms with Gasteiger partial charge in [0.2, 0.25) is 0 Å². The molecule has 0 aliphatic rings. The first-order chi connectivity index (χ1) is 7.52. The molecule has 0 spiro atoms. The van der Waals surface area contributed by atoms with Gasteiger partial charge >= 0.3 is 5.97 Å². The van der Waals surface area contributed by atoms with E-state index in [4.69, 9.17) is 16.3 Å². The van der Waals surface area contributed by atoms with Crippen molar-refractivity contribution in [3.05, 3.63) is 26.9 Å². The maximum atomic E-state index is 13.7. The summed E-state index contributed by atoms with van der Waals surface area (Å²) in [4.78, 5) is 11.2. The van der Waals surface area contributed by atoms with Gasteiger partial charge in [-0.2, -0.15) is 0 Å². The van der Waals surface area contributed by atoms with E-state index < -0.39 is 11.8 Å². The van der Waals surface area contributed by atoms with E-state index in [1.165, 1.54) is 13.2 Å². The molecular weight excluding hydrogens is 302 g/mol. The van der Waals surface area contributed by atoms with Crippen molar-refractivity contribution < 1.29 is 18.7 Å². The minimum absolute atomic E-state index is 0.175. The Kier molecular flexibility index (Phi) is 4.56. The van der Waals surface area contributed by atoms with Crippen molar-refractivity contribution in [2.45, 2.75) is 6.92 Å². The van der Waals surface area contributed by atoms with Gasteiger partial charge in [0.05, 0.1) is 23.8 Å². The zero-order chi connectivity index (χ0) is 12.3. The molecule has 0 N–H and O–H groups in total. The van der Waals surface area contributed by atoms with Gasteiger partial charge in [-0.3, -0.25) is 0 Å². The molecule has 6 heteroatoms. The Morgan fingerprint density at radius 1 is 1.62 bits per heavy atom. The summed E-state index contributed by atoms with van der Waals surface area (Å²) >= 11 is 8.89. The Morgan fingerprint density at radius 2 is 2.25 bits per heavy atom. The van der Waals surface area contributed by atoms with Crippen LogP contribution in [0.3, 0.4) is 0 Å². The van der Waals surface area contributed by atoms with Crippen molar-refractivity contribution in [2.24, 2.45) is 0 Å². The third-order valence-electron chi connectivity index (χ3n) is 1.81. The lowest BCUT2D eigenvalue weighted by atomic mass is 10.2. The van der Waals surface area contributed by atoms with Crippen LogP contribution in [-0.2, 0) is 4.74 Å². The van der Waals surface area contributed by atoms with Gasteiger partial charge in [-0.05, 0) is 28.9 Å². The highest BCUT2D eigenvalue weighted by atomic mass is 79.9. The molecule has 0 bridgehead atoms. The van der Waals surface area contributed by atoms with Crippen LogP contribution < -0.4 is 4.74 Å². The lowest BCUT2D eigenvalue weighted by molar-refractivity contribution is 0.0595. The Balaban J connectivity index is 3.33. The fourth-order valence-corrected chi connectivity index (χ4v) is 2.03. The fourth-order valence-electron chi connectivity index (χ4n) is 1.11. The number of methoxy groups -OCH3 is 1. The van der Waals surface area contributed by atoms with E-state index in [-0.39, 0.29) is 16.3 Å². The van der Waals surface area contributed by atoms with Crippen molar-refractivity contribution in [1.29, 1.82) is 0 Å². The molecule has 0 fully saturated rings. The average Bonchev–Trinajstić information content (AvgIpc) is 2.28. The number of esters is 1. The van der Waals surface area contributed by atoms with E-state index in [0.29, 0.717) is 11.1 Å². The Labute approximate surface area is 106 Å². The Hall–Kier alpha value is -0.810. The van der Waals surface area contributed by atoms with Gasteiger partial charge in [0, 0.05) is 0 Å². The molecule has 1 aromatic carbocycles. The molecule has 0 aliphatic heterocycles. The van der Waals surface area contributed by atoms with Crippen molar-refractivity contribution >= 4 is 33.5 Å². The van der Waals surface area contributed by atoms with Gasteiger partial charge in [0.15, 0.2) is 11.6 Å². The number of halogens is 3. The number of carbonyl (C=O) groups excluding carboxylic acids is 1. The van der Waals surface area contributed by atoms with E-state index in [9.17, 15) is 9.18 Å². The van der Waals surface area contributed by atoms with Gasteiger partial charge in [0.1, 0.15) is 5.02 Å². The van der Waals surface area contributed by atoms with Crippen LogP contribution in [0.5, 0.6) is 5.75 Å². The molecule has 0 unspecified atom stereocenters. The van der Waals surface area contributed by atoms with Crippen LogP contribution in [0.1, 0.15) is 17.3 Å². The van der Waals surface area contributed by atoms with Crippen LogP contribution in [0.15, 0.2) is 10.5 Å². The molecule has 0 atom stereocenters. The summed E-state index contributed by atoms with van der Waals surface area (Å²) < 4.78 is 23.6. The first kappa shape index (κ1) is 13.3. The first-order valence-corrected chi connectivity index (χ1v) is 5.58. The molecule has 0 saturated carbocycles. The smallest absolute Gasteiger partial charge is 0.340 e. The first-order valence-electron chi connectivity index (χ1n) is 4.41. The number of benzene rings is 1. The molecule has 0 radical (unpaired) electrons. The molecule has 1 rings (SSSR count). The van der Waals surface area contributed by atoms with Crippen LogP contribution in [0.2, 0.25) is 5.02 Å².